The number of nitriles is 1. The number of carbonyl (C=O) groups excluding carboxylic acids is 2. The lowest BCUT2D eigenvalue weighted by Gasteiger charge is -2.24. The van der Waals surface area contributed by atoms with Crippen molar-refractivity contribution < 1.29 is 23.1 Å². The Kier molecular flexibility index (Phi) is 6.94. The minimum Gasteiger partial charge on any atom is -0.486 e. The molecule has 1 aromatic carbocycles. The molecule has 2 aromatic rings. The van der Waals surface area contributed by atoms with Gasteiger partial charge in [-0.2, -0.15) is 5.26 Å². The Balaban J connectivity index is 1.39. The van der Waals surface area contributed by atoms with E-state index in [1.807, 2.05) is 18.2 Å². The van der Waals surface area contributed by atoms with Crippen LogP contribution in [-0.4, -0.2) is 46.2 Å². The minimum atomic E-state index is -3.09. The fourth-order valence-corrected chi connectivity index (χ4v) is 4.41. The molecule has 1 unspecified atom stereocenters. The summed E-state index contributed by atoms with van der Waals surface area (Å²) in [6, 6.07) is 7.62. The van der Waals surface area contributed by atoms with E-state index < -0.39 is 30.8 Å². The molecule has 2 aliphatic rings. The van der Waals surface area contributed by atoms with Crippen molar-refractivity contribution in [2.45, 2.75) is 50.2 Å². The molecule has 176 valence electrons. The first kappa shape index (κ1) is 23.8. The molecule has 2 aliphatic heterocycles. The van der Waals surface area contributed by atoms with Crippen molar-refractivity contribution in [2.75, 3.05) is 6.54 Å². The van der Waals surface area contributed by atoms with Crippen molar-refractivity contribution in [1.29, 1.82) is 5.26 Å². The molecule has 0 N–H and O–H groups in total. The summed E-state index contributed by atoms with van der Waals surface area (Å²) in [4.78, 5) is 30.2. The van der Waals surface area contributed by atoms with Crippen LogP contribution in [0.4, 0.5) is 8.78 Å². The third kappa shape index (κ3) is 5.42. The molecule has 4 rings (SSSR count). The molecular formula is C25H22ClF2N3O3. The molecule has 2 atom stereocenters. The molecule has 1 amide bonds. The summed E-state index contributed by atoms with van der Waals surface area (Å²) >= 11 is 6.03. The van der Waals surface area contributed by atoms with Gasteiger partial charge in [0.15, 0.2) is 5.78 Å². The summed E-state index contributed by atoms with van der Waals surface area (Å²) in [5.74, 6) is -3.25. The second-order valence-corrected chi connectivity index (χ2v) is 8.86. The first-order valence-electron chi connectivity index (χ1n) is 10.9. The molecular weight excluding hydrogens is 464 g/mol. The molecule has 1 fully saturated rings. The summed E-state index contributed by atoms with van der Waals surface area (Å²) in [5, 5.41) is 9.73. The van der Waals surface area contributed by atoms with E-state index in [2.05, 4.69) is 4.98 Å². The van der Waals surface area contributed by atoms with E-state index in [-0.39, 0.29) is 24.7 Å². The van der Waals surface area contributed by atoms with Gasteiger partial charge in [0, 0.05) is 47.8 Å². The number of Topliss-reactive ketones (excluding diaryl/α,β-unsaturated/α-hetero) is 1. The number of carbonyl (C=O) groups is 2. The van der Waals surface area contributed by atoms with Crippen LogP contribution >= 0.6 is 11.6 Å². The number of pyridine rings is 1. The topological polar surface area (TPSA) is 83.3 Å². The number of aromatic nitrogens is 1. The molecule has 0 aliphatic carbocycles. The zero-order valence-electron chi connectivity index (χ0n) is 18.2. The number of nitrogens with zero attached hydrogens (tertiary/aromatic N) is 3. The normalized spacial score (nSPS) is 21.1. The van der Waals surface area contributed by atoms with Crippen LogP contribution in [0, 0.1) is 11.3 Å². The Labute approximate surface area is 200 Å². The lowest BCUT2D eigenvalue weighted by molar-refractivity contribution is -0.132. The Morgan fingerprint density at radius 3 is 2.94 bits per heavy atom. The van der Waals surface area contributed by atoms with Crippen molar-refractivity contribution in [1.82, 2.24) is 9.88 Å². The highest BCUT2D eigenvalue weighted by atomic mass is 35.5. The van der Waals surface area contributed by atoms with Crippen LogP contribution in [0.5, 0.6) is 5.75 Å². The van der Waals surface area contributed by atoms with Crippen molar-refractivity contribution in [2.24, 2.45) is 0 Å². The van der Waals surface area contributed by atoms with Crippen molar-refractivity contribution >= 4 is 29.4 Å². The fraction of sp³-hybridized carbons (Fsp3) is 0.360. The van der Waals surface area contributed by atoms with Crippen LogP contribution in [-0.2, 0) is 11.2 Å². The van der Waals surface area contributed by atoms with Gasteiger partial charge in [0.1, 0.15) is 17.9 Å². The summed E-state index contributed by atoms with van der Waals surface area (Å²) in [7, 11) is 0. The number of ether oxygens (including phenoxy) is 1. The Bertz CT molecular complexity index is 1180. The maximum absolute atomic E-state index is 13.6. The molecule has 0 saturated carbocycles. The van der Waals surface area contributed by atoms with E-state index in [0.29, 0.717) is 16.1 Å². The van der Waals surface area contributed by atoms with Crippen LogP contribution in [0.3, 0.4) is 0 Å². The molecule has 9 heteroatoms. The van der Waals surface area contributed by atoms with Crippen LogP contribution in [0.2, 0.25) is 5.02 Å². The summed E-state index contributed by atoms with van der Waals surface area (Å²) in [6.07, 6.45) is 6.96. The highest BCUT2D eigenvalue weighted by molar-refractivity contribution is 6.30. The summed E-state index contributed by atoms with van der Waals surface area (Å²) in [6.45, 7) is -0.793. The molecule has 0 radical (unpaired) electrons. The predicted molar refractivity (Wildman–Crippen MR) is 122 cm³/mol. The number of benzene rings is 1. The van der Waals surface area contributed by atoms with Crippen LogP contribution in [0.25, 0.3) is 6.08 Å². The number of fused-ring (bicyclic) bond motifs is 1. The van der Waals surface area contributed by atoms with Gasteiger partial charge in [0.05, 0.1) is 12.6 Å². The number of amides is 1. The quantitative estimate of drug-likeness (QED) is 0.545. The number of halogens is 3. The van der Waals surface area contributed by atoms with Gasteiger partial charge in [0.2, 0.25) is 5.91 Å². The maximum atomic E-state index is 13.6. The highest BCUT2D eigenvalue weighted by Crippen LogP contribution is 2.33. The first-order chi connectivity index (χ1) is 16.3. The zero-order valence-corrected chi connectivity index (χ0v) is 19.0. The van der Waals surface area contributed by atoms with Gasteiger partial charge >= 0.3 is 0 Å². The fourth-order valence-electron chi connectivity index (χ4n) is 4.21. The summed E-state index contributed by atoms with van der Waals surface area (Å²) in [5.41, 5.74) is 2.01. The van der Waals surface area contributed by atoms with E-state index in [0.717, 1.165) is 29.1 Å². The second kappa shape index (κ2) is 9.90. The van der Waals surface area contributed by atoms with Crippen LogP contribution in [0.1, 0.15) is 47.2 Å². The van der Waals surface area contributed by atoms with E-state index >= 15 is 0 Å². The average Bonchev–Trinajstić information content (AvgIpc) is 3.15. The van der Waals surface area contributed by atoms with E-state index in [1.54, 1.807) is 30.5 Å². The lowest BCUT2D eigenvalue weighted by Crippen LogP contribution is -2.36. The lowest BCUT2D eigenvalue weighted by atomic mass is 9.99. The zero-order chi connectivity index (χ0) is 24.3. The Morgan fingerprint density at radius 2 is 2.15 bits per heavy atom. The highest BCUT2D eigenvalue weighted by Gasteiger charge is 2.47. The SMILES string of the molecule is N#C[C@@H]1CC(F)(F)CN1C(=O)CCC(=O)c1ccncc1/C=C/C1CCc2cc(Cl)ccc2O1. The van der Waals surface area contributed by atoms with E-state index in [9.17, 15) is 18.4 Å². The third-order valence-corrected chi connectivity index (χ3v) is 6.18. The molecule has 0 bridgehead atoms. The molecule has 6 nitrogen and oxygen atoms in total. The van der Waals surface area contributed by atoms with Crippen LogP contribution in [0.15, 0.2) is 42.7 Å². The van der Waals surface area contributed by atoms with E-state index in [4.69, 9.17) is 21.6 Å². The molecule has 1 aromatic heterocycles. The molecule has 0 spiro atoms. The molecule has 34 heavy (non-hydrogen) atoms. The molecule has 3 heterocycles. The van der Waals surface area contributed by atoms with Gasteiger partial charge in [-0.3, -0.25) is 14.6 Å². The Morgan fingerprint density at radius 1 is 1.32 bits per heavy atom. The maximum Gasteiger partial charge on any atom is 0.268 e. The minimum absolute atomic E-state index is 0.155. The van der Waals surface area contributed by atoms with Crippen molar-refractivity contribution in [3.63, 3.8) is 0 Å². The van der Waals surface area contributed by atoms with Gasteiger partial charge < -0.3 is 9.64 Å². The Hall–Kier alpha value is -3.31. The largest absolute Gasteiger partial charge is 0.486 e. The van der Waals surface area contributed by atoms with Gasteiger partial charge in [-0.05, 0) is 48.7 Å². The van der Waals surface area contributed by atoms with Crippen molar-refractivity contribution in [3.05, 3.63) is 64.4 Å². The number of ketones is 1. The number of likely N-dealkylation sites (tertiary alicyclic amines) is 1. The summed E-state index contributed by atoms with van der Waals surface area (Å²) < 4.78 is 33.2. The number of hydrogen-bond donors (Lipinski definition) is 0. The second-order valence-electron chi connectivity index (χ2n) is 8.42. The van der Waals surface area contributed by atoms with Gasteiger partial charge in [0.25, 0.3) is 5.92 Å². The first-order valence-corrected chi connectivity index (χ1v) is 11.3. The smallest absolute Gasteiger partial charge is 0.268 e. The number of aryl methyl sites for hydroxylation is 1. The standard InChI is InChI=1S/C25H22ClF2N3O3/c26-18-3-7-23-16(11-18)1-4-20(34-23)5-2-17-14-30-10-9-21(17)22(32)6-8-24(33)31-15-25(27,28)12-19(31)13-29/h2-3,5,7,9-11,14,19-20H,1,4,6,8,12,15H2/b5-2+/t19-,20?/m0/s1. The monoisotopic (exact) mass is 485 g/mol. The number of hydrogen-bond acceptors (Lipinski definition) is 5. The number of alkyl halides is 2. The van der Waals surface area contributed by atoms with E-state index in [1.165, 1.54) is 6.20 Å². The third-order valence-electron chi connectivity index (χ3n) is 5.95. The van der Waals surface area contributed by atoms with Gasteiger partial charge in [-0.25, -0.2) is 8.78 Å². The molecule has 1 saturated heterocycles. The predicted octanol–water partition coefficient (Wildman–Crippen LogP) is 4.86. The average molecular weight is 486 g/mol. The van der Waals surface area contributed by atoms with Gasteiger partial charge in [-0.1, -0.05) is 17.7 Å². The van der Waals surface area contributed by atoms with Gasteiger partial charge in [-0.15, -0.1) is 0 Å². The van der Waals surface area contributed by atoms with Crippen molar-refractivity contribution in [3.8, 4) is 11.8 Å². The van der Waals surface area contributed by atoms with Crippen LogP contribution < -0.4 is 4.74 Å². The number of rotatable bonds is 6.